The van der Waals surface area contributed by atoms with Gasteiger partial charge in [0.05, 0.1) is 6.42 Å². The number of ketones is 2. The second kappa shape index (κ2) is 11.4. The van der Waals surface area contributed by atoms with Crippen molar-refractivity contribution in [3.8, 4) is 0 Å². The van der Waals surface area contributed by atoms with Crippen LogP contribution in [0.3, 0.4) is 0 Å². The van der Waals surface area contributed by atoms with E-state index in [-0.39, 0.29) is 25.0 Å². The first-order valence-electron chi connectivity index (χ1n) is 10.3. The Kier molecular flexibility index (Phi) is 8.93. The summed E-state index contributed by atoms with van der Waals surface area (Å²) in [4.78, 5) is 38.3. The standard InChI is InChI=1S/C25H31NO4/c1-25(2,3)30-24(29)17-23(28)16-22(27)14-15-26(18-20-10-6-4-7-11-20)19-21-12-8-5-9-13-21/h4-13H,14-19H2,1-3H3. The third kappa shape index (κ3) is 9.61. The largest absolute Gasteiger partial charge is 0.460 e. The minimum absolute atomic E-state index is 0.158. The second-order valence-electron chi connectivity index (χ2n) is 8.45. The lowest BCUT2D eigenvalue weighted by molar-refractivity contribution is -0.156. The van der Waals surface area contributed by atoms with Gasteiger partial charge in [-0.2, -0.15) is 0 Å². The Morgan fingerprint density at radius 2 is 1.27 bits per heavy atom. The van der Waals surface area contributed by atoms with Gasteiger partial charge in [-0.15, -0.1) is 0 Å². The van der Waals surface area contributed by atoms with E-state index in [1.165, 1.54) is 11.1 Å². The number of carbonyl (C=O) groups excluding carboxylic acids is 3. The first-order valence-corrected chi connectivity index (χ1v) is 10.3. The van der Waals surface area contributed by atoms with Crippen LogP contribution in [-0.2, 0) is 32.2 Å². The van der Waals surface area contributed by atoms with E-state index in [2.05, 4.69) is 29.2 Å². The van der Waals surface area contributed by atoms with Gasteiger partial charge in [0.25, 0.3) is 0 Å². The predicted octanol–water partition coefficient (Wildman–Crippen LogP) is 4.34. The fourth-order valence-electron chi connectivity index (χ4n) is 3.09. The molecule has 0 radical (unpaired) electrons. The van der Waals surface area contributed by atoms with Crippen LogP contribution in [0.5, 0.6) is 0 Å². The van der Waals surface area contributed by atoms with Crippen molar-refractivity contribution in [2.75, 3.05) is 6.54 Å². The summed E-state index contributed by atoms with van der Waals surface area (Å²) in [6.07, 6.45) is -0.329. The lowest BCUT2D eigenvalue weighted by Gasteiger charge is -2.22. The van der Waals surface area contributed by atoms with Crippen LogP contribution in [0.25, 0.3) is 0 Å². The number of hydrogen-bond donors (Lipinski definition) is 0. The molecule has 0 amide bonds. The van der Waals surface area contributed by atoms with Crippen molar-refractivity contribution < 1.29 is 19.1 Å². The number of benzene rings is 2. The third-order valence-electron chi connectivity index (χ3n) is 4.36. The highest BCUT2D eigenvalue weighted by atomic mass is 16.6. The summed E-state index contributed by atoms with van der Waals surface area (Å²) < 4.78 is 5.14. The van der Waals surface area contributed by atoms with Crippen molar-refractivity contribution in [2.45, 2.75) is 58.7 Å². The molecule has 0 saturated heterocycles. The smallest absolute Gasteiger partial charge is 0.313 e. The molecule has 0 unspecified atom stereocenters. The van der Waals surface area contributed by atoms with E-state index in [0.29, 0.717) is 6.54 Å². The SMILES string of the molecule is CC(C)(C)OC(=O)CC(=O)CC(=O)CCN(Cc1ccccc1)Cc1ccccc1. The summed E-state index contributed by atoms with van der Waals surface area (Å²) in [5.41, 5.74) is 1.69. The minimum Gasteiger partial charge on any atom is -0.460 e. The van der Waals surface area contributed by atoms with Crippen molar-refractivity contribution in [2.24, 2.45) is 0 Å². The fourth-order valence-corrected chi connectivity index (χ4v) is 3.09. The Labute approximate surface area is 179 Å². The second-order valence-corrected chi connectivity index (χ2v) is 8.45. The van der Waals surface area contributed by atoms with Gasteiger partial charge in [0.15, 0.2) is 5.78 Å². The Bertz CT molecular complexity index is 784. The number of nitrogens with zero attached hydrogens (tertiary/aromatic N) is 1. The lowest BCUT2D eigenvalue weighted by Crippen LogP contribution is -2.27. The van der Waals surface area contributed by atoms with Gasteiger partial charge in [-0.05, 0) is 31.9 Å². The molecule has 5 heteroatoms. The summed E-state index contributed by atoms with van der Waals surface area (Å²) in [7, 11) is 0. The van der Waals surface area contributed by atoms with Crippen LogP contribution >= 0.6 is 0 Å². The lowest BCUT2D eigenvalue weighted by atomic mass is 10.1. The van der Waals surface area contributed by atoms with Crippen LogP contribution in [0.2, 0.25) is 0 Å². The molecule has 0 fully saturated rings. The first-order chi connectivity index (χ1) is 14.2. The van der Waals surface area contributed by atoms with Crippen molar-refractivity contribution in [3.05, 3.63) is 71.8 Å². The molecule has 2 aromatic rings. The number of esters is 1. The maximum absolute atomic E-state index is 12.3. The van der Waals surface area contributed by atoms with Crippen LogP contribution in [0.15, 0.2) is 60.7 Å². The molecule has 30 heavy (non-hydrogen) atoms. The molecule has 160 valence electrons. The summed E-state index contributed by atoms with van der Waals surface area (Å²) in [6.45, 7) is 7.21. The molecule has 0 aliphatic carbocycles. The molecule has 0 aliphatic rings. The van der Waals surface area contributed by atoms with Crippen molar-refractivity contribution in [3.63, 3.8) is 0 Å². The van der Waals surface area contributed by atoms with E-state index in [9.17, 15) is 14.4 Å². The molecule has 0 heterocycles. The summed E-state index contributed by atoms with van der Waals surface area (Å²) in [5, 5.41) is 0. The normalized spacial score (nSPS) is 11.3. The van der Waals surface area contributed by atoms with Crippen molar-refractivity contribution >= 4 is 17.5 Å². The van der Waals surface area contributed by atoms with E-state index in [0.717, 1.165) is 13.1 Å². The molecule has 0 saturated carbocycles. The molecule has 0 aliphatic heterocycles. The maximum atomic E-state index is 12.3. The molecule has 2 aromatic carbocycles. The Morgan fingerprint density at radius 1 is 0.767 bits per heavy atom. The van der Waals surface area contributed by atoms with E-state index in [4.69, 9.17) is 4.74 Å². The summed E-state index contributed by atoms with van der Waals surface area (Å²) >= 11 is 0. The topological polar surface area (TPSA) is 63.7 Å². The summed E-state index contributed by atoms with van der Waals surface area (Å²) in [5.74, 6) is -1.14. The average molecular weight is 410 g/mol. The average Bonchev–Trinajstić information content (AvgIpc) is 2.66. The molecular weight excluding hydrogens is 378 g/mol. The minimum atomic E-state index is -0.642. The zero-order valence-corrected chi connectivity index (χ0v) is 18.1. The molecule has 2 rings (SSSR count). The fraction of sp³-hybridized carbons (Fsp3) is 0.400. The Balaban J connectivity index is 1.88. The van der Waals surface area contributed by atoms with Gasteiger partial charge in [0.1, 0.15) is 17.8 Å². The third-order valence-corrected chi connectivity index (χ3v) is 4.36. The van der Waals surface area contributed by atoms with E-state index < -0.39 is 17.4 Å². The highest BCUT2D eigenvalue weighted by molar-refractivity contribution is 6.05. The van der Waals surface area contributed by atoms with Crippen molar-refractivity contribution in [1.82, 2.24) is 4.90 Å². The maximum Gasteiger partial charge on any atom is 0.313 e. The quantitative estimate of drug-likeness (QED) is 0.408. The van der Waals surface area contributed by atoms with Gasteiger partial charge in [-0.25, -0.2) is 0 Å². The number of rotatable bonds is 11. The molecule has 0 bridgehead atoms. The van der Waals surface area contributed by atoms with Gasteiger partial charge in [0, 0.05) is 26.1 Å². The van der Waals surface area contributed by atoms with Gasteiger partial charge in [-0.3, -0.25) is 19.3 Å². The zero-order chi connectivity index (χ0) is 22.0. The molecule has 5 nitrogen and oxygen atoms in total. The number of carbonyl (C=O) groups is 3. The van der Waals surface area contributed by atoms with Gasteiger partial charge < -0.3 is 4.74 Å². The van der Waals surface area contributed by atoms with Crippen LogP contribution in [0.4, 0.5) is 0 Å². The molecule has 0 N–H and O–H groups in total. The molecular formula is C25H31NO4. The van der Waals surface area contributed by atoms with Crippen molar-refractivity contribution in [1.29, 1.82) is 0 Å². The first kappa shape index (κ1) is 23.5. The monoisotopic (exact) mass is 409 g/mol. The zero-order valence-electron chi connectivity index (χ0n) is 18.1. The number of Topliss-reactive ketones (excluding diaryl/α,β-unsaturated/α-hetero) is 2. The van der Waals surface area contributed by atoms with Gasteiger partial charge in [-0.1, -0.05) is 60.7 Å². The highest BCUT2D eigenvalue weighted by Gasteiger charge is 2.20. The van der Waals surface area contributed by atoms with Gasteiger partial charge >= 0.3 is 5.97 Å². The molecule has 0 aromatic heterocycles. The van der Waals surface area contributed by atoms with E-state index in [1.807, 2.05) is 36.4 Å². The van der Waals surface area contributed by atoms with Crippen LogP contribution in [-0.4, -0.2) is 34.6 Å². The molecule has 0 spiro atoms. The van der Waals surface area contributed by atoms with Crippen LogP contribution in [0.1, 0.15) is 51.2 Å². The van der Waals surface area contributed by atoms with Gasteiger partial charge in [0.2, 0.25) is 0 Å². The summed E-state index contributed by atoms with van der Waals surface area (Å²) in [6, 6.07) is 20.2. The van der Waals surface area contributed by atoms with Crippen LogP contribution in [0, 0.1) is 0 Å². The predicted molar refractivity (Wildman–Crippen MR) is 117 cm³/mol. The Morgan fingerprint density at radius 3 is 1.73 bits per heavy atom. The number of hydrogen-bond acceptors (Lipinski definition) is 5. The Hall–Kier alpha value is -2.79. The highest BCUT2D eigenvalue weighted by Crippen LogP contribution is 2.12. The van der Waals surface area contributed by atoms with E-state index in [1.54, 1.807) is 20.8 Å². The van der Waals surface area contributed by atoms with E-state index >= 15 is 0 Å². The van der Waals surface area contributed by atoms with Crippen LogP contribution < -0.4 is 0 Å². The number of ether oxygens (including phenoxy) is 1. The molecule has 0 atom stereocenters.